The van der Waals surface area contributed by atoms with Gasteiger partial charge < -0.3 is 4.90 Å². The first-order chi connectivity index (χ1) is 25.0. The second kappa shape index (κ2) is 12.3. The molecular weight excluding hydrogens is 615 g/mol. The first-order valence-electron chi connectivity index (χ1n) is 19.8. The highest BCUT2D eigenvalue weighted by atomic mass is 15.1. The van der Waals surface area contributed by atoms with Crippen molar-refractivity contribution >= 4 is 27.8 Å². The van der Waals surface area contributed by atoms with Crippen molar-refractivity contribution in [3.8, 4) is 22.3 Å². The Morgan fingerprint density at radius 1 is 0.569 bits per heavy atom. The van der Waals surface area contributed by atoms with E-state index in [-0.39, 0.29) is 5.41 Å². The molecule has 0 amide bonds. The quantitative estimate of drug-likeness (QED) is 0.171. The van der Waals surface area contributed by atoms with Gasteiger partial charge in [-0.05, 0) is 136 Å². The lowest BCUT2D eigenvalue weighted by molar-refractivity contribution is 0.420. The summed E-state index contributed by atoms with van der Waals surface area (Å²) in [6.45, 7) is 4.84. The Balaban J connectivity index is 1.17. The van der Waals surface area contributed by atoms with E-state index in [0.717, 1.165) is 17.8 Å². The Labute approximate surface area is 304 Å². The molecule has 0 aliphatic heterocycles. The lowest BCUT2D eigenvalue weighted by atomic mass is 9.78. The van der Waals surface area contributed by atoms with Crippen LogP contribution in [0, 0.1) is 11.8 Å². The van der Waals surface area contributed by atoms with Gasteiger partial charge in [-0.3, -0.25) is 0 Å². The summed E-state index contributed by atoms with van der Waals surface area (Å²) < 4.78 is 0. The van der Waals surface area contributed by atoms with Crippen LogP contribution in [0.15, 0.2) is 127 Å². The maximum atomic E-state index is 2.57. The molecule has 1 nitrogen and oxygen atoms in total. The average molecular weight is 664 g/mol. The van der Waals surface area contributed by atoms with E-state index < -0.39 is 0 Å². The molecule has 3 saturated carbocycles. The number of anilines is 3. The van der Waals surface area contributed by atoms with Gasteiger partial charge in [0.25, 0.3) is 0 Å². The summed E-state index contributed by atoms with van der Waals surface area (Å²) in [5.74, 6) is 3.23. The Hall–Kier alpha value is -4.62. The summed E-state index contributed by atoms with van der Waals surface area (Å²) in [6, 6.07) is 49.2. The fraction of sp³-hybridized carbons (Fsp3) is 0.320. The van der Waals surface area contributed by atoms with Crippen LogP contribution in [-0.2, 0) is 5.41 Å². The molecule has 254 valence electrons. The SMILES string of the molecule is CC1(C)c2ccccc2-c2ccc(N(c3ccc(C4CC5CCC4C5)cc3)c3ccc4ccc(C5CCCCC5)cc4c3)c(-c3ccccc3)c21. The smallest absolute Gasteiger partial charge is 0.0543 e. The predicted octanol–water partition coefficient (Wildman–Crippen LogP) is 14.2. The molecule has 0 saturated heterocycles. The van der Waals surface area contributed by atoms with E-state index in [9.17, 15) is 0 Å². The van der Waals surface area contributed by atoms with E-state index in [2.05, 4.69) is 146 Å². The topological polar surface area (TPSA) is 3.24 Å². The predicted molar refractivity (Wildman–Crippen MR) is 216 cm³/mol. The highest BCUT2D eigenvalue weighted by molar-refractivity contribution is 5.98. The van der Waals surface area contributed by atoms with Crippen molar-refractivity contribution in [1.82, 2.24) is 0 Å². The Kier molecular flexibility index (Phi) is 7.49. The Bertz CT molecular complexity index is 2240. The number of hydrogen-bond acceptors (Lipinski definition) is 1. The molecule has 1 heteroatoms. The maximum absolute atomic E-state index is 2.57. The van der Waals surface area contributed by atoms with Crippen molar-refractivity contribution in [3.63, 3.8) is 0 Å². The van der Waals surface area contributed by atoms with E-state index in [1.165, 1.54) is 130 Å². The van der Waals surface area contributed by atoms with Crippen LogP contribution in [0.1, 0.15) is 106 Å². The number of rotatable bonds is 6. The van der Waals surface area contributed by atoms with Crippen molar-refractivity contribution < 1.29 is 0 Å². The molecular formula is C50H49N. The molecule has 4 aliphatic rings. The van der Waals surface area contributed by atoms with Crippen LogP contribution in [0.25, 0.3) is 33.0 Å². The van der Waals surface area contributed by atoms with Crippen LogP contribution in [0.5, 0.6) is 0 Å². The molecule has 51 heavy (non-hydrogen) atoms. The molecule has 0 radical (unpaired) electrons. The van der Waals surface area contributed by atoms with E-state index in [0.29, 0.717) is 5.92 Å². The third-order valence-electron chi connectivity index (χ3n) is 13.5. The minimum absolute atomic E-state index is 0.136. The largest absolute Gasteiger partial charge is 0.310 e. The molecule has 0 heterocycles. The van der Waals surface area contributed by atoms with Gasteiger partial charge in [-0.15, -0.1) is 0 Å². The lowest BCUT2D eigenvalue weighted by Gasteiger charge is -2.32. The summed E-state index contributed by atoms with van der Waals surface area (Å²) in [4.78, 5) is 2.57. The minimum Gasteiger partial charge on any atom is -0.310 e. The van der Waals surface area contributed by atoms with E-state index >= 15 is 0 Å². The third kappa shape index (κ3) is 5.18. The summed E-state index contributed by atoms with van der Waals surface area (Å²) in [6.07, 6.45) is 12.4. The molecule has 10 rings (SSSR count). The molecule has 6 aromatic rings. The summed E-state index contributed by atoms with van der Waals surface area (Å²) >= 11 is 0. The molecule has 0 aromatic heterocycles. The number of nitrogens with zero attached hydrogens (tertiary/aromatic N) is 1. The summed E-state index contributed by atoms with van der Waals surface area (Å²) in [5.41, 5.74) is 14.8. The van der Waals surface area contributed by atoms with Gasteiger partial charge in [-0.1, -0.05) is 137 Å². The Morgan fingerprint density at radius 2 is 1.31 bits per heavy atom. The van der Waals surface area contributed by atoms with Gasteiger partial charge in [-0.2, -0.15) is 0 Å². The second-order valence-corrected chi connectivity index (χ2v) is 16.8. The standard InChI is InChI=1S/C50H49N/c1-50(2)46-16-10-9-15-43(46)44-27-28-47(48(49(44)50)37-13-7-4-8-14-37)51(41-24-22-36(23-25-41)45-30-33-17-18-39(45)29-33)42-26-21-35-19-20-38(31-40(35)32-42)34-11-5-3-6-12-34/h4,7-10,13-16,19-28,31-34,39,45H,3,5-6,11-12,17-18,29-30H2,1-2H3. The molecule has 6 aromatic carbocycles. The molecule has 3 unspecified atom stereocenters. The molecule has 4 aliphatic carbocycles. The zero-order valence-corrected chi connectivity index (χ0v) is 30.2. The number of hydrogen-bond donors (Lipinski definition) is 0. The molecule has 3 atom stereocenters. The van der Waals surface area contributed by atoms with Crippen LogP contribution in [0.2, 0.25) is 0 Å². The van der Waals surface area contributed by atoms with Crippen LogP contribution in [0.3, 0.4) is 0 Å². The van der Waals surface area contributed by atoms with Crippen LogP contribution in [-0.4, -0.2) is 0 Å². The zero-order valence-electron chi connectivity index (χ0n) is 30.2. The second-order valence-electron chi connectivity index (χ2n) is 16.8. The van der Waals surface area contributed by atoms with Gasteiger partial charge in [-0.25, -0.2) is 0 Å². The monoisotopic (exact) mass is 663 g/mol. The van der Waals surface area contributed by atoms with Crippen molar-refractivity contribution in [2.45, 2.75) is 88.9 Å². The van der Waals surface area contributed by atoms with Gasteiger partial charge in [0.1, 0.15) is 0 Å². The minimum atomic E-state index is -0.136. The Morgan fingerprint density at radius 3 is 2.10 bits per heavy atom. The molecule has 2 bridgehead atoms. The molecule has 0 spiro atoms. The number of benzene rings is 6. The van der Waals surface area contributed by atoms with Crippen LogP contribution >= 0.6 is 0 Å². The van der Waals surface area contributed by atoms with Crippen molar-refractivity contribution in [3.05, 3.63) is 150 Å². The van der Waals surface area contributed by atoms with Gasteiger partial charge >= 0.3 is 0 Å². The van der Waals surface area contributed by atoms with Crippen molar-refractivity contribution in [2.75, 3.05) is 4.90 Å². The van der Waals surface area contributed by atoms with Gasteiger partial charge in [0.2, 0.25) is 0 Å². The van der Waals surface area contributed by atoms with E-state index in [4.69, 9.17) is 0 Å². The van der Waals surface area contributed by atoms with Gasteiger partial charge in [0, 0.05) is 22.4 Å². The van der Waals surface area contributed by atoms with Crippen LogP contribution in [0.4, 0.5) is 17.1 Å². The van der Waals surface area contributed by atoms with E-state index in [1.807, 2.05) is 0 Å². The first kappa shape index (κ1) is 31.1. The van der Waals surface area contributed by atoms with Gasteiger partial charge in [0.05, 0.1) is 5.69 Å². The zero-order chi connectivity index (χ0) is 34.1. The third-order valence-corrected chi connectivity index (χ3v) is 13.5. The normalized spacial score (nSPS) is 21.9. The number of fused-ring (bicyclic) bond motifs is 6. The van der Waals surface area contributed by atoms with Crippen LogP contribution < -0.4 is 4.90 Å². The highest BCUT2D eigenvalue weighted by Gasteiger charge is 2.41. The highest BCUT2D eigenvalue weighted by Crippen LogP contribution is 2.57. The molecule has 3 fully saturated rings. The maximum Gasteiger partial charge on any atom is 0.0543 e. The summed E-state index contributed by atoms with van der Waals surface area (Å²) in [7, 11) is 0. The van der Waals surface area contributed by atoms with E-state index in [1.54, 1.807) is 0 Å². The van der Waals surface area contributed by atoms with Gasteiger partial charge in [0.15, 0.2) is 0 Å². The average Bonchev–Trinajstić information content (AvgIpc) is 3.89. The van der Waals surface area contributed by atoms with Crippen molar-refractivity contribution in [2.24, 2.45) is 11.8 Å². The fourth-order valence-electron chi connectivity index (χ4n) is 11.0. The first-order valence-corrected chi connectivity index (χ1v) is 19.8. The lowest BCUT2D eigenvalue weighted by Crippen LogP contribution is -2.19. The fourth-order valence-corrected chi connectivity index (χ4v) is 11.0. The van der Waals surface area contributed by atoms with Crippen molar-refractivity contribution in [1.29, 1.82) is 0 Å². The summed E-state index contributed by atoms with van der Waals surface area (Å²) in [5, 5.41) is 2.66. The molecule has 0 N–H and O–H groups in total.